The summed E-state index contributed by atoms with van der Waals surface area (Å²) in [5.74, 6) is 1.82. The van der Waals surface area contributed by atoms with Gasteiger partial charge in [-0.1, -0.05) is 5.16 Å². The van der Waals surface area contributed by atoms with Crippen molar-refractivity contribution >= 4 is 11.6 Å². The topological polar surface area (TPSA) is 76.3 Å². The van der Waals surface area contributed by atoms with Gasteiger partial charge in [-0.25, -0.2) is 0 Å². The van der Waals surface area contributed by atoms with Crippen LogP contribution in [0.2, 0.25) is 0 Å². The van der Waals surface area contributed by atoms with Gasteiger partial charge in [0.25, 0.3) is 5.91 Å². The van der Waals surface area contributed by atoms with Crippen LogP contribution in [0.25, 0.3) is 0 Å². The van der Waals surface area contributed by atoms with Crippen LogP contribution in [0.1, 0.15) is 42.8 Å². The maximum Gasteiger partial charge on any atom is 0.269 e. The maximum atomic E-state index is 12.3. The molecule has 2 fully saturated rings. The zero-order valence-corrected chi connectivity index (χ0v) is 15.5. The fourth-order valence-electron chi connectivity index (χ4n) is 3.99. The molecule has 2 saturated heterocycles. The Kier molecular flexibility index (Phi) is 4.75. The van der Waals surface area contributed by atoms with E-state index in [9.17, 15) is 4.79 Å². The quantitative estimate of drug-likeness (QED) is 0.867. The summed E-state index contributed by atoms with van der Waals surface area (Å²) >= 11 is 0. The van der Waals surface area contributed by atoms with Crippen molar-refractivity contribution in [3.05, 3.63) is 23.2 Å². The third-order valence-electron chi connectivity index (χ3n) is 5.61. The number of carbonyl (C=O) groups is 1. The van der Waals surface area contributed by atoms with Crippen molar-refractivity contribution in [2.45, 2.75) is 57.8 Å². The number of nitrogens with zero attached hydrogens (tertiary/aromatic N) is 2. The molecule has 1 spiro atoms. The number of hydrogen-bond donors (Lipinski definition) is 1. The highest BCUT2D eigenvalue weighted by atomic mass is 16.7. The Balaban J connectivity index is 1.27. The Hall–Kier alpha value is -1.86. The van der Waals surface area contributed by atoms with Crippen LogP contribution in [0.3, 0.4) is 0 Å². The van der Waals surface area contributed by atoms with Crippen LogP contribution in [0, 0.1) is 13.8 Å². The molecule has 4 rings (SSSR count). The number of amides is 1. The maximum absolute atomic E-state index is 12.3. The molecule has 142 valence electrons. The molecule has 4 heterocycles. The molecule has 7 nitrogen and oxygen atoms in total. The summed E-state index contributed by atoms with van der Waals surface area (Å²) in [6.45, 7) is 7.83. The largest absolute Gasteiger partial charge is 0.465 e. The molecule has 0 bridgehead atoms. The number of rotatable bonds is 5. The lowest BCUT2D eigenvalue weighted by Gasteiger charge is -2.21. The van der Waals surface area contributed by atoms with E-state index in [0.29, 0.717) is 18.7 Å². The summed E-state index contributed by atoms with van der Waals surface area (Å²) in [6.07, 6.45) is 3.65. The van der Waals surface area contributed by atoms with Crippen molar-refractivity contribution in [3.8, 4) is 0 Å². The lowest BCUT2D eigenvalue weighted by Crippen LogP contribution is -2.39. The van der Waals surface area contributed by atoms with Crippen LogP contribution in [-0.4, -0.2) is 54.5 Å². The molecule has 26 heavy (non-hydrogen) atoms. The van der Waals surface area contributed by atoms with Crippen LogP contribution in [-0.2, 0) is 20.9 Å². The van der Waals surface area contributed by atoms with E-state index in [1.165, 1.54) is 5.56 Å². The highest BCUT2D eigenvalue weighted by Gasteiger charge is 2.46. The molecular formula is C19H27N3O4. The Labute approximate surface area is 153 Å². The molecule has 3 aliphatic rings. The predicted octanol–water partition coefficient (Wildman–Crippen LogP) is 1.91. The summed E-state index contributed by atoms with van der Waals surface area (Å²) in [5, 5.41) is 7.02. The first-order valence-corrected chi connectivity index (χ1v) is 9.46. The van der Waals surface area contributed by atoms with E-state index < -0.39 is 0 Å². The molecule has 1 N–H and O–H groups in total. The van der Waals surface area contributed by atoms with Crippen LogP contribution in [0.4, 0.5) is 0 Å². The Morgan fingerprint density at radius 3 is 3.08 bits per heavy atom. The fourth-order valence-corrected chi connectivity index (χ4v) is 3.99. The average Bonchev–Trinajstić information content (AvgIpc) is 3.38. The van der Waals surface area contributed by atoms with Gasteiger partial charge in [-0.15, -0.1) is 0 Å². The number of likely N-dealkylation sites (tertiary alicyclic amines) is 1. The Bertz CT molecular complexity index is 688. The zero-order valence-electron chi connectivity index (χ0n) is 15.5. The SMILES string of the molecule is Cc1cc(CN2CC[C@]3(CC(C(=O)NC[C@@H]4CCCO4)=NO3)C2)oc1C. The van der Waals surface area contributed by atoms with Gasteiger partial charge in [-0.2, -0.15) is 0 Å². The molecule has 1 aromatic rings. The van der Waals surface area contributed by atoms with Crippen molar-refractivity contribution in [2.24, 2.45) is 5.16 Å². The number of carbonyl (C=O) groups excluding carboxylic acids is 1. The van der Waals surface area contributed by atoms with Crippen LogP contribution < -0.4 is 5.32 Å². The van der Waals surface area contributed by atoms with E-state index in [-0.39, 0.29) is 17.6 Å². The van der Waals surface area contributed by atoms with Gasteiger partial charge in [0.2, 0.25) is 0 Å². The standard InChI is InChI=1S/C19H27N3O4/c1-13-8-16(25-14(13)2)11-22-6-5-19(12-22)9-17(21-26-19)18(23)20-10-15-4-3-7-24-15/h8,15H,3-7,9-12H2,1-2H3,(H,20,23)/t15-,19-/m0/s1. The van der Waals surface area contributed by atoms with Gasteiger partial charge in [0.15, 0.2) is 5.60 Å². The molecule has 1 aromatic heterocycles. The number of oxime groups is 1. The first-order chi connectivity index (χ1) is 12.5. The van der Waals surface area contributed by atoms with Gasteiger partial charge in [-0.05, 0) is 38.3 Å². The predicted molar refractivity (Wildman–Crippen MR) is 95.9 cm³/mol. The minimum absolute atomic E-state index is 0.131. The first kappa shape index (κ1) is 17.5. The molecule has 7 heteroatoms. The third-order valence-corrected chi connectivity index (χ3v) is 5.61. The van der Waals surface area contributed by atoms with Crippen LogP contribution in [0.15, 0.2) is 15.6 Å². The summed E-state index contributed by atoms with van der Waals surface area (Å²) in [5.41, 5.74) is 1.31. The monoisotopic (exact) mass is 361 g/mol. The Morgan fingerprint density at radius 1 is 1.46 bits per heavy atom. The van der Waals surface area contributed by atoms with Crippen molar-refractivity contribution in [2.75, 3.05) is 26.2 Å². The number of hydrogen-bond acceptors (Lipinski definition) is 6. The minimum Gasteiger partial charge on any atom is -0.465 e. The first-order valence-electron chi connectivity index (χ1n) is 9.46. The summed E-state index contributed by atoms with van der Waals surface area (Å²) in [6, 6.07) is 2.09. The van der Waals surface area contributed by atoms with E-state index in [2.05, 4.69) is 28.4 Å². The van der Waals surface area contributed by atoms with Crippen molar-refractivity contribution in [1.82, 2.24) is 10.2 Å². The minimum atomic E-state index is -0.368. The van der Waals surface area contributed by atoms with Crippen molar-refractivity contribution in [1.29, 1.82) is 0 Å². The van der Waals surface area contributed by atoms with Gasteiger partial charge in [0.05, 0.1) is 12.6 Å². The second-order valence-electron chi connectivity index (χ2n) is 7.75. The fraction of sp³-hybridized carbons (Fsp3) is 0.684. The van der Waals surface area contributed by atoms with Gasteiger partial charge in [0, 0.05) is 39.1 Å². The normalized spacial score (nSPS) is 28.5. The lowest BCUT2D eigenvalue weighted by atomic mass is 9.96. The van der Waals surface area contributed by atoms with Gasteiger partial charge in [-0.3, -0.25) is 9.69 Å². The molecule has 0 aromatic carbocycles. The number of nitrogens with one attached hydrogen (secondary N) is 1. The van der Waals surface area contributed by atoms with Crippen molar-refractivity contribution in [3.63, 3.8) is 0 Å². The van der Waals surface area contributed by atoms with E-state index in [0.717, 1.165) is 57.0 Å². The van der Waals surface area contributed by atoms with Gasteiger partial charge in [0.1, 0.15) is 17.2 Å². The number of aryl methyl sites for hydroxylation is 2. The second-order valence-corrected chi connectivity index (χ2v) is 7.75. The zero-order chi connectivity index (χ0) is 18.1. The van der Waals surface area contributed by atoms with Crippen LogP contribution in [0.5, 0.6) is 0 Å². The Morgan fingerprint density at radius 2 is 2.35 bits per heavy atom. The summed E-state index contributed by atoms with van der Waals surface area (Å²) in [7, 11) is 0. The van der Waals surface area contributed by atoms with E-state index in [4.69, 9.17) is 14.0 Å². The highest BCUT2D eigenvalue weighted by molar-refractivity contribution is 6.39. The molecule has 3 aliphatic heterocycles. The van der Waals surface area contributed by atoms with Gasteiger partial charge >= 0.3 is 0 Å². The third kappa shape index (κ3) is 3.64. The summed E-state index contributed by atoms with van der Waals surface area (Å²) < 4.78 is 11.3. The molecule has 0 saturated carbocycles. The number of furan rings is 1. The number of ether oxygens (including phenoxy) is 1. The average molecular weight is 361 g/mol. The summed E-state index contributed by atoms with van der Waals surface area (Å²) in [4.78, 5) is 20.4. The lowest BCUT2D eigenvalue weighted by molar-refractivity contribution is -0.115. The molecule has 0 radical (unpaired) electrons. The second kappa shape index (κ2) is 7.04. The van der Waals surface area contributed by atoms with Crippen molar-refractivity contribution < 1.29 is 18.8 Å². The molecular weight excluding hydrogens is 334 g/mol. The highest BCUT2D eigenvalue weighted by Crippen LogP contribution is 2.34. The van der Waals surface area contributed by atoms with Gasteiger partial charge < -0.3 is 19.3 Å². The molecule has 2 atom stereocenters. The van der Waals surface area contributed by atoms with E-state index in [1.807, 2.05) is 6.92 Å². The molecule has 0 aliphatic carbocycles. The molecule has 1 amide bonds. The van der Waals surface area contributed by atoms with E-state index in [1.54, 1.807) is 0 Å². The van der Waals surface area contributed by atoms with Crippen LogP contribution >= 0.6 is 0 Å². The molecule has 0 unspecified atom stereocenters. The smallest absolute Gasteiger partial charge is 0.269 e. The van der Waals surface area contributed by atoms with E-state index >= 15 is 0 Å².